The molecule has 2 fully saturated rings. The fourth-order valence-electron chi connectivity index (χ4n) is 3.76. The van der Waals surface area contributed by atoms with Gasteiger partial charge >= 0.3 is 5.97 Å². The van der Waals surface area contributed by atoms with Crippen molar-refractivity contribution in [2.45, 2.75) is 76.0 Å². The molecule has 0 aromatic carbocycles. The zero-order valence-corrected chi connectivity index (χ0v) is 13.7. The molecule has 2 saturated carbocycles. The number of carboxylic acid groups (broad SMARTS) is 1. The second-order valence-electron chi connectivity index (χ2n) is 6.42. The Labute approximate surface area is 131 Å². The number of nitrogens with one attached hydrogen (secondary N) is 1. The third-order valence-electron chi connectivity index (χ3n) is 4.94. The van der Waals surface area contributed by atoms with Gasteiger partial charge < -0.3 is 10.4 Å². The molecule has 2 N–H and O–H groups in total. The predicted octanol–water partition coefficient (Wildman–Crippen LogP) is 3.20. The fourth-order valence-corrected chi connectivity index (χ4v) is 4.96. The average molecular weight is 313 g/mol. The second kappa shape index (κ2) is 7.52. The first-order valence-corrected chi connectivity index (χ1v) is 9.26. The van der Waals surface area contributed by atoms with Crippen molar-refractivity contribution in [1.29, 1.82) is 0 Å². The van der Waals surface area contributed by atoms with E-state index < -0.39 is 11.4 Å². The Morgan fingerprint density at radius 1 is 1.19 bits per heavy atom. The lowest BCUT2D eigenvalue weighted by Crippen LogP contribution is -2.44. The Morgan fingerprint density at radius 2 is 1.90 bits per heavy atom. The molecule has 0 aromatic rings. The van der Waals surface area contributed by atoms with E-state index in [1.165, 1.54) is 0 Å². The van der Waals surface area contributed by atoms with E-state index in [-0.39, 0.29) is 18.4 Å². The third kappa shape index (κ3) is 4.15. The molecule has 2 aliphatic carbocycles. The molecule has 0 bridgehead atoms. The Kier molecular flexibility index (Phi) is 5.97. The summed E-state index contributed by atoms with van der Waals surface area (Å²) in [6.45, 7) is 2.14. The number of hydrogen-bond donors (Lipinski definition) is 2. The summed E-state index contributed by atoms with van der Waals surface area (Å²) >= 11 is 1.91. The van der Waals surface area contributed by atoms with E-state index in [0.717, 1.165) is 44.3 Å². The van der Waals surface area contributed by atoms with Crippen molar-refractivity contribution < 1.29 is 14.7 Å². The standard InChI is InChI=1S/C16H27NO3S/c1-2-21-13-8-6-7-12(13)17-14(18)11-16(15(19)20)9-4-3-5-10-16/h12-13H,2-11H2,1H3,(H,17,18)(H,19,20). The first-order valence-electron chi connectivity index (χ1n) is 8.22. The normalized spacial score (nSPS) is 28.2. The van der Waals surface area contributed by atoms with E-state index >= 15 is 0 Å². The molecule has 2 unspecified atom stereocenters. The monoisotopic (exact) mass is 313 g/mol. The van der Waals surface area contributed by atoms with Gasteiger partial charge in [-0.05, 0) is 31.4 Å². The molecule has 2 atom stereocenters. The minimum Gasteiger partial charge on any atom is -0.481 e. The first kappa shape index (κ1) is 16.7. The number of amides is 1. The van der Waals surface area contributed by atoms with Gasteiger partial charge in [0.1, 0.15) is 0 Å². The minimum absolute atomic E-state index is 0.0621. The molecule has 120 valence electrons. The van der Waals surface area contributed by atoms with Gasteiger partial charge in [-0.1, -0.05) is 32.6 Å². The van der Waals surface area contributed by atoms with Crippen LogP contribution in [0.3, 0.4) is 0 Å². The summed E-state index contributed by atoms with van der Waals surface area (Å²) < 4.78 is 0. The van der Waals surface area contributed by atoms with Crippen LogP contribution in [-0.2, 0) is 9.59 Å². The summed E-state index contributed by atoms with van der Waals surface area (Å²) in [5.41, 5.74) is -0.811. The number of carbonyl (C=O) groups is 2. The van der Waals surface area contributed by atoms with E-state index in [2.05, 4.69) is 12.2 Å². The molecule has 0 saturated heterocycles. The largest absolute Gasteiger partial charge is 0.481 e. The first-order chi connectivity index (χ1) is 10.1. The van der Waals surface area contributed by atoms with Gasteiger partial charge in [-0.2, -0.15) is 11.8 Å². The number of aliphatic carboxylic acids is 1. The summed E-state index contributed by atoms with van der Waals surface area (Å²) in [5, 5.41) is 13.2. The van der Waals surface area contributed by atoms with Crippen molar-refractivity contribution >= 4 is 23.6 Å². The second-order valence-corrected chi connectivity index (χ2v) is 7.94. The van der Waals surface area contributed by atoms with E-state index in [9.17, 15) is 14.7 Å². The molecular formula is C16H27NO3S. The molecule has 21 heavy (non-hydrogen) atoms. The van der Waals surface area contributed by atoms with Crippen LogP contribution in [0.2, 0.25) is 0 Å². The van der Waals surface area contributed by atoms with Gasteiger partial charge in [-0.3, -0.25) is 9.59 Å². The smallest absolute Gasteiger partial charge is 0.310 e. The van der Waals surface area contributed by atoms with Crippen LogP contribution in [0.5, 0.6) is 0 Å². The van der Waals surface area contributed by atoms with Gasteiger partial charge in [0.25, 0.3) is 0 Å². The maximum absolute atomic E-state index is 12.3. The molecule has 5 heteroatoms. The fraction of sp³-hybridized carbons (Fsp3) is 0.875. The van der Waals surface area contributed by atoms with Crippen LogP contribution in [0.15, 0.2) is 0 Å². The molecule has 0 radical (unpaired) electrons. The van der Waals surface area contributed by atoms with Crippen molar-refractivity contribution in [1.82, 2.24) is 5.32 Å². The Bertz CT molecular complexity index is 380. The highest BCUT2D eigenvalue weighted by molar-refractivity contribution is 7.99. The molecular weight excluding hydrogens is 286 g/mol. The number of rotatable bonds is 6. The summed E-state index contributed by atoms with van der Waals surface area (Å²) in [7, 11) is 0. The molecule has 0 spiro atoms. The van der Waals surface area contributed by atoms with E-state index in [1.54, 1.807) is 0 Å². The molecule has 0 aliphatic heterocycles. The summed E-state index contributed by atoms with van der Waals surface area (Å²) in [6, 6.07) is 0.233. The lowest BCUT2D eigenvalue weighted by Gasteiger charge is -2.33. The quantitative estimate of drug-likeness (QED) is 0.790. The van der Waals surface area contributed by atoms with Gasteiger partial charge in [-0.25, -0.2) is 0 Å². The van der Waals surface area contributed by atoms with Gasteiger partial charge in [0, 0.05) is 17.7 Å². The molecule has 2 aliphatic rings. The van der Waals surface area contributed by atoms with Crippen LogP contribution in [-0.4, -0.2) is 34.0 Å². The lowest BCUT2D eigenvalue weighted by molar-refractivity contribution is -0.154. The minimum atomic E-state index is -0.811. The van der Waals surface area contributed by atoms with E-state index in [4.69, 9.17) is 0 Å². The zero-order chi connectivity index (χ0) is 15.3. The predicted molar refractivity (Wildman–Crippen MR) is 85.5 cm³/mol. The molecule has 2 rings (SSSR count). The summed E-state index contributed by atoms with van der Waals surface area (Å²) in [4.78, 5) is 24.0. The SMILES string of the molecule is CCSC1CCCC1NC(=O)CC1(C(=O)O)CCCCC1. The molecule has 0 heterocycles. The maximum Gasteiger partial charge on any atom is 0.310 e. The highest BCUT2D eigenvalue weighted by Crippen LogP contribution is 2.40. The Hall–Kier alpha value is -0.710. The number of carboxylic acids is 1. The van der Waals surface area contributed by atoms with Gasteiger partial charge in [0.15, 0.2) is 0 Å². The van der Waals surface area contributed by atoms with Gasteiger partial charge in [0.05, 0.1) is 5.41 Å². The zero-order valence-electron chi connectivity index (χ0n) is 12.9. The van der Waals surface area contributed by atoms with Crippen LogP contribution in [0.1, 0.15) is 64.7 Å². The lowest BCUT2D eigenvalue weighted by atomic mass is 9.71. The van der Waals surface area contributed by atoms with Crippen LogP contribution in [0, 0.1) is 5.41 Å². The van der Waals surface area contributed by atoms with Gasteiger partial charge in [0.2, 0.25) is 5.91 Å². The number of thioether (sulfide) groups is 1. The molecule has 4 nitrogen and oxygen atoms in total. The maximum atomic E-state index is 12.3. The van der Waals surface area contributed by atoms with Crippen molar-refractivity contribution in [3.8, 4) is 0 Å². The number of hydrogen-bond acceptors (Lipinski definition) is 3. The van der Waals surface area contributed by atoms with E-state index in [0.29, 0.717) is 18.1 Å². The van der Waals surface area contributed by atoms with Crippen molar-refractivity contribution in [3.63, 3.8) is 0 Å². The Balaban J connectivity index is 1.92. The topological polar surface area (TPSA) is 66.4 Å². The van der Waals surface area contributed by atoms with Crippen LogP contribution in [0.25, 0.3) is 0 Å². The highest BCUT2D eigenvalue weighted by Gasteiger charge is 2.42. The van der Waals surface area contributed by atoms with Crippen LogP contribution >= 0.6 is 11.8 Å². The summed E-state index contributed by atoms with van der Waals surface area (Å²) in [5.74, 6) is 0.215. The third-order valence-corrected chi connectivity index (χ3v) is 6.27. The average Bonchev–Trinajstić information content (AvgIpc) is 2.87. The molecule has 1 amide bonds. The van der Waals surface area contributed by atoms with E-state index in [1.807, 2.05) is 11.8 Å². The Morgan fingerprint density at radius 3 is 2.52 bits per heavy atom. The molecule has 0 aromatic heterocycles. The van der Waals surface area contributed by atoms with Crippen LogP contribution < -0.4 is 5.32 Å². The van der Waals surface area contributed by atoms with Crippen LogP contribution in [0.4, 0.5) is 0 Å². The highest BCUT2D eigenvalue weighted by atomic mass is 32.2. The van der Waals surface area contributed by atoms with Crippen molar-refractivity contribution in [3.05, 3.63) is 0 Å². The van der Waals surface area contributed by atoms with Crippen molar-refractivity contribution in [2.75, 3.05) is 5.75 Å². The van der Waals surface area contributed by atoms with Crippen molar-refractivity contribution in [2.24, 2.45) is 5.41 Å². The van der Waals surface area contributed by atoms with Gasteiger partial charge in [-0.15, -0.1) is 0 Å². The number of carbonyl (C=O) groups excluding carboxylic acids is 1. The summed E-state index contributed by atoms with van der Waals surface area (Å²) in [6.07, 6.45) is 7.75.